The summed E-state index contributed by atoms with van der Waals surface area (Å²) in [5.74, 6) is 0.390. The van der Waals surface area contributed by atoms with Crippen LogP contribution in [0.3, 0.4) is 0 Å². The summed E-state index contributed by atoms with van der Waals surface area (Å²) in [5.41, 5.74) is 2.77. The highest BCUT2D eigenvalue weighted by Crippen LogP contribution is 2.34. The second kappa shape index (κ2) is 5.38. The van der Waals surface area contributed by atoms with Crippen LogP contribution in [0.4, 0.5) is 5.95 Å². The van der Waals surface area contributed by atoms with Crippen LogP contribution < -0.4 is 4.74 Å². The van der Waals surface area contributed by atoms with Crippen molar-refractivity contribution in [1.82, 2.24) is 15.0 Å². The average Bonchev–Trinajstić information content (AvgIpc) is 2.87. The van der Waals surface area contributed by atoms with Crippen molar-refractivity contribution in [3.63, 3.8) is 0 Å². The molecular weight excluding hydrogens is 352 g/mol. The van der Waals surface area contributed by atoms with E-state index in [9.17, 15) is 10.1 Å². The van der Waals surface area contributed by atoms with E-state index >= 15 is 0 Å². The number of imidazole rings is 1. The Hall–Kier alpha value is -2.48. The Kier molecular flexibility index (Phi) is 3.53. The smallest absolute Gasteiger partial charge is 0.433 e. The summed E-state index contributed by atoms with van der Waals surface area (Å²) >= 11 is 3.29. The first kappa shape index (κ1) is 14.5. The van der Waals surface area contributed by atoms with Crippen LogP contribution in [0.15, 0.2) is 28.9 Å². The zero-order valence-corrected chi connectivity index (χ0v) is 13.3. The number of nitrogens with one attached hydrogen (secondary N) is 1. The van der Waals surface area contributed by atoms with Gasteiger partial charge < -0.3 is 14.9 Å². The van der Waals surface area contributed by atoms with E-state index in [2.05, 4.69) is 30.9 Å². The van der Waals surface area contributed by atoms with Gasteiger partial charge in [-0.1, -0.05) is 4.98 Å². The number of benzene rings is 1. The molecule has 0 aliphatic carbocycles. The zero-order chi connectivity index (χ0) is 15.9. The molecule has 1 aromatic carbocycles. The number of fused-ring (bicyclic) bond motifs is 1. The predicted molar refractivity (Wildman–Crippen MR) is 85.0 cm³/mol. The molecule has 7 nitrogen and oxygen atoms in total. The highest BCUT2D eigenvalue weighted by atomic mass is 79.9. The average molecular weight is 363 g/mol. The van der Waals surface area contributed by atoms with Gasteiger partial charge in [-0.15, -0.1) is 0 Å². The van der Waals surface area contributed by atoms with Crippen LogP contribution in [-0.4, -0.2) is 27.0 Å². The van der Waals surface area contributed by atoms with Crippen molar-refractivity contribution in [3.8, 4) is 17.0 Å². The van der Waals surface area contributed by atoms with E-state index in [1.54, 1.807) is 7.11 Å². The van der Waals surface area contributed by atoms with E-state index in [0.717, 1.165) is 22.2 Å². The number of rotatable bonds is 3. The first-order valence-corrected chi connectivity index (χ1v) is 7.14. The second-order valence-corrected chi connectivity index (χ2v) is 5.47. The van der Waals surface area contributed by atoms with Crippen LogP contribution in [-0.2, 0) is 0 Å². The van der Waals surface area contributed by atoms with Gasteiger partial charge in [-0.2, -0.15) is 0 Å². The van der Waals surface area contributed by atoms with Gasteiger partial charge >= 0.3 is 5.95 Å². The van der Waals surface area contributed by atoms with Gasteiger partial charge in [0, 0.05) is 22.7 Å². The maximum atomic E-state index is 10.9. The van der Waals surface area contributed by atoms with Gasteiger partial charge in [-0.05, 0) is 46.0 Å². The number of aromatic amines is 1. The summed E-state index contributed by atoms with van der Waals surface area (Å²) in [4.78, 5) is 21.5. The first-order valence-electron chi connectivity index (χ1n) is 6.35. The Labute approximate surface area is 133 Å². The Morgan fingerprint density at radius 3 is 2.73 bits per heavy atom. The van der Waals surface area contributed by atoms with Gasteiger partial charge in [0.05, 0.1) is 12.6 Å². The summed E-state index contributed by atoms with van der Waals surface area (Å²) in [6, 6.07) is 7.35. The van der Waals surface area contributed by atoms with Crippen molar-refractivity contribution in [3.05, 3.63) is 44.7 Å². The zero-order valence-electron chi connectivity index (χ0n) is 11.8. The Balaban J connectivity index is 2.28. The van der Waals surface area contributed by atoms with Crippen molar-refractivity contribution in [2.45, 2.75) is 6.92 Å². The van der Waals surface area contributed by atoms with Crippen molar-refractivity contribution in [1.29, 1.82) is 0 Å². The molecule has 0 spiro atoms. The van der Waals surface area contributed by atoms with E-state index in [1.807, 2.05) is 31.2 Å². The largest absolute Gasteiger partial charge is 0.497 e. The van der Waals surface area contributed by atoms with Crippen LogP contribution in [0.25, 0.3) is 22.2 Å². The fourth-order valence-electron chi connectivity index (χ4n) is 2.27. The normalized spacial score (nSPS) is 10.9. The third-order valence-corrected chi connectivity index (χ3v) is 3.79. The Bertz CT molecular complexity index is 891. The quantitative estimate of drug-likeness (QED) is 0.567. The lowest BCUT2D eigenvalue weighted by Gasteiger charge is -2.06. The van der Waals surface area contributed by atoms with Crippen LogP contribution in [0.1, 0.15) is 5.69 Å². The molecule has 22 heavy (non-hydrogen) atoms. The number of aromatic nitrogens is 3. The summed E-state index contributed by atoms with van der Waals surface area (Å²) in [6.45, 7) is 1.86. The molecule has 0 fully saturated rings. The molecule has 0 unspecified atom stereocenters. The number of pyridine rings is 1. The minimum atomic E-state index is -0.562. The number of nitrogens with zero attached hydrogens (tertiary/aromatic N) is 3. The van der Waals surface area contributed by atoms with E-state index in [1.165, 1.54) is 0 Å². The van der Waals surface area contributed by atoms with Gasteiger partial charge in [-0.25, -0.2) is 4.98 Å². The molecule has 0 amide bonds. The molecule has 0 aliphatic rings. The molecule has 1 N–H and O–H groups in total. The molecule has 0 saturated carbocycles. The molecule has 0 saturated heterocycles. The number of H-pyrrole nitrogens is 1. The number of halogens is 1. The van der Waals surface area contributed by atoms with E-state index < -0.39 is 4.92 Å². The van der Waals surface area contributed by atoms with E-state index in [0.29, 0.717) is 16.0 Å². The highest BCUT2D eigenvalue weighted by Gasteiger charge is 2.22. The molecule has 2 heterocycles. The molecule has 0 bridgehead atoms. The fraction of sp³-hybridized carbons (Fsp3) is 0.143. The lowest BCUT2D eigenvalue weighted by atomic mass is 10.1. The molecule has 8 heteroatoms. The van der Waals surface area contributed by atoms with Gasteiger partial charge in [-0.3, -0.25) is 4.98 Å². The van der Waals surface area contributed by atoms with Crippen molar-refractivity contribution >= 4 is 32.8 Å². The maximum Gasteiger partial charge on any atom is 0.433 e. The Morgan fingerprint density at radius 1 is 1.32 bits per heavy atom. The molecular formula is C14H11BrN4O3. The standard InChI is InChI=1S/C14H11BrN4O3/c1-7-5-10(12-13(15)18-14(17-12)19(20)21)9-4-3-8(22-2)6-11(9)16-7/h3-6H,1-2H3,(H,17,18). The molecule has 0 radical (unpaired) electrons. The highest BCUT2D eigenvalue weighted by molar-refractivity contribution is 9.10. The van der Waals surface area contributed by atoms with Crippen molar-refractivity contribution in [2.75, 3.05) is 7.11 Å². The Morgan fingerprint density at radius 2 is 2.09 bits per heavy atom. The number of methoxy groups -OCH3 is 1. The van der Waals surface area contributed by atoms with E-state index in [-0.39, 0.29) is 5.95 Å². The molecule has 2 aromatic heterocycles. The monoisotopic (exact) mass is 362 g/mol. The molecule has 3 aromatic rings. The lowest BCUT2D eigenvalue weighted by Crippen LogP contribution is -1.92. The lowest BCUT2D eigenvalue weighted by molar-refractivity contribution is -0.393. The third-order valence-electron chi connectivity index (χ3n) is 3.22. The number of hydrogen-bond acceptors (Lipinski definition) is 5. The minimum Gasteiger partial charge on any atom is -0.497 e. The molecule has 0 aliphatic heterocycles. The van der Waals surface area contributed by atoms with Crippen LogP contribution in [0, 0.1) is 17.0 Å². The van der Waals surface area contributed by atoms with Gasteiger partial charge in [0.1, 0.15) is 5.75 Å². The van der Waals surface area contributed by atoms with Crippen molar-refractivity contribution in [2.24, 2.45) is 0 Å². The predicted octanol–water partition coefficient (Wildman–Crippen LogP) is 3.61. The maximum absolute atomic E-state index is 10.9. The number of hydrogen-bond donors (Lipinski definition) is 1. The SMILES string of the molecule is COc1ccc2c(-c3nc([N+](=O)[O-])[nH]c3Br)cc(C)nc2c1. The number of nitro groups is 1. The summed E-state index contributed by atoms with van der Waals surface area (Å²) < 4.78 is 5.67. The van der Waals surface area contributed by atoms with Crippen molar-refractivity contribution < 1.29 is 9.66 Å². The second-order valence-electron chi connectivity index (χ2n) is 4.67. The summed E-state index contributed by atoms with van der Waals surface area (Å²) in [5, 5.41) is 11.7. The molecule has 0 atom stereocenters. The molecule has 3 rings (SSSR count). The number of ether oxygens (including phenoxy) is 1. The topological polar surface area (TPSA) is 93.9 Å². The molecule has 112 valence electrons. The van der Waals surface area contributed by atoms with E-state index in [4.69, 9.17) is 4.74 Å². The fourth-order valence-corrected chi connectivity index (χ4v) is 2.75. The first-order chi connectivity index (χ1) is 10.5. The van der Waals surface area contributed by atoms with Gasteiger partial charge in [0.2, 0.25) is 0 Å². The minimum absolute atomic E-state index is 0.307. The van der Waals surface area contributed by atoms with Gasteiger partial charge in [0.15, 0.2) is 10.3 Å². The van der Waals surface area contributed by atoms with Crippen LogP contribution in [0.2, 0.25) is 0 Å². The summed E-state index contributed by atoms with van der Waals surface area (Å²) in [6.07, 6.45) is 0. The summed E-state index contributed by atoms with van der Waals surface area (Å²) in [7, 11) is 1.59. The number of aryl methyl sites for hydroxylation is 1. The van der Waals surface area contributed by atoms with Crippen LogP contribution in [0.5, 0.6) is 5.75 Å². The van der Waals surface area contributed by atoms with Crippen LogP contribution >= 0.6 is 15.9 Å². The van der Waals surface area contributed by atoms with Gasteiger partial charge in [0.25, 0.3) is 0 Å². The third kappa shape index (κ3) is 2.41.